The first kappa shape index (κ1) is 14.5. The average molecular weight is 344 g/mol. The fourth-order valence-electron chi connectivity index (χ4n) is 1.92. The second-order valence-electron chi connectivity index (χ2n) is 4.42. The number of benzene rings is 2. The van der Waals surface area contributed by atoms with Crippen LogP contribution in [0.5, 0.6) is 0 Å². The molecule has 0 saturated heterocycles. The van der Waals surface area contributed by atoms with E-state index in [0.29, 0.717) is 17.0 Å². The van der Waals surface area contributed by atoms with Crippen molar-refractivity contribution in [1.29, 1.82) is 0 Å². The highest BCUT2D eigenvalue weighted by Gasteiger charge is 2.11. The van der Waals surface area contributed by atoms with E-state index in [4.69, 9.17) is 11.6 Å². The summed E-state index contributed by atoms with van der Waals surface area (Å²) in [7, 11) is 0. The number of hydrogen-bond donors (Lipinski definition) is 1. The lowest BCUT2D eigenvalue weighted by atomic mass is 10.0. The van der Waals surface area contributed by atoms with Crippen molar-refractivity contribution in [3.8, 4) is 0 Å². The van der Waals surface area contributed by atoms with Gasteiger partial charge in [0.25, 0.3) is 0 Å². The number of rotatable bonds is 4. The highest BCUT2D eigenvalue weighted by Crippen LogP contribution is 2.18. The molecular formula is C15H13BrClFO. The number of aliphatic hydroxyl groups is 1. The normalized spacial score (nSPS) is 12.4. The predicted molar refractivity (Wildman–Crippen MR) is 79.0 cm³/mol. The van der Waals surface area contributed by atoms with Crippen LogP contribution in [0.15, 0.2) is 46.9 Å². The third-order valence-electron chi connectivity index (χ3n) is 2.85. The summed E-state index contributed by atoms with van der Waals surface area (Å²) in [6, 6.07) is 12.1. The van der Waals surface area contributed by atoms with Gasteiger partial charge in [0.1, 0.15) is 5.82 Å². The smallest absolute Gasteiger partial charge is 0.126 e. The molecule has 4 heteroatoms. The Morgan fingerprint density at radius 1 is 1.11 bits per heavy atom. The molecule has 1 atom stereocenters. The van der Waals surface area contributed by atoms with Crippen LogP contribution >= 0.6 is 27.5 Å². The molecule has 0 saturated carbocycles. The van der Waals surface area contributed by atoms with Crippen LogP contribution in [0.4, 0.5) is 4.39 Å². The standard InChI is InChI=1S/C15H13BrClFO/c16-12-3-1-10(2-4-12)7-14(19)9-11-8-13(17)5-6-15(11)18/h1-6,8,14,19H,7,9H2. The monoisotopic (exact) mass is 342 g/mol. The zero-order valence-corrected chi connectivity index (χ0v) is 12.5. The molecule has 0 aliphatic rings. The van der Waals surface area contributed by atoms with Crippen molar-refractivity contribution < 1.29 is 9.50 Å². The summed E-state index contributed by atoms with van der Waals surface area (Å²) >= 11 is 9.18. The Morgan fingerprint density at radius 3 is 2.47 bits per heavy atom. The lowest BCUT2D eigenvalue weighted by Gasteiger charge is -2.12. The van der Waals surface area contributed by atoms with Gasteiger partial charge in [-0.1, -0.05) is 39.7 Å². The van der Waals surface area contributed by atoms with Gasteiger partial charge in [0.2, 0.25) is 0 Å². The second kappa shape index (κ2) is 6.51. The highest BCUT2D eigenvalue weighted by atomic mass is 79.9. The van der Waals surface area contributed by atoms with Crippen LogP contribution in [-0.4, -0.2) is 11.2 Å². The lowest BCUT2D eigenvalue weighted by molar-refractivity contribution is 0.174. The Labute approximate surface area is 125 Å². The van der Waals surface area contributed by atoms with E-state index in [1.54, 1.807) is 6.07 Å². The molecule has 0 amide bonds. The topological polar surface area (TPSA) is 20.2 Å². The average Bonchev–Trinajstić information content (AvgIpc) is 2.37. The molecule has 1 N–H and O–H groups in total. The third-order valence-corrected chi connectivity index (χ3v) is 3.61. The Morgan fingerprint density at radius 2 is 1.79 bits per heavy atom. The van der Waals surface area contributed by atoms with Crippen LogP contribution in [0, 0.1) is 5.82 Å². The summed E-state index contributed by atoms with van der Waals surface area (Å²) < 4.78 is 14.5. The maximum absolute atomic E-state index is 13.5. The second-order valence-corrected chi connectivity index (χ2v) is 5.78. The maximum atomic E-state index is 13.5. The number of halogens is 3. The molecule has 0 aliphatic heterocycles. The maximum Gasteiger partial charge on any atom is 0.126 e. The summed E-state index contributed by atoms with van der Waals surface area (Å²) in [5, 5.41) is 10.5. The minimum atomic E-state index is -0.630. The molecule has 1 unspecified atom stereocenters. The Balaban J connectivity index is 2.02. The Hall–Kier alpha value is -0.900. The van der Waals surface area contributed by atoms with Gasteiger partial charge in [-0.15, -0.1) is 0 Å². The van der Waals surface area contributed by atoms with Gasteiger partial charge in [-0.3, -0.25) is 0 Å². The molecule has 0 aromatic heterocycles. The molecule has 0 radical (unpaired) electrons. The minimum absolute atomic E-state index is 0.252. The fourth-order valence-corrected chi connectivity index (χ4v) is 2.38. The molecule has 1 nitrogen and oxygen atoms in total. The molecule has 2 aromatic rings. The van der Waals surface area contributed by atoms with E-state index in [9.17, 15) is 9.50 Å². The molecule has 0 spiro atoms. The molecule has 100 valence electrons. The van der Waals surface area contributed by atoms with Crippen LogP contribution in [0.1, 0.15) is 11.1 Å². The van der Waals surface area contributed by atoms with Gasteiger partial charge in [-0.05, 0) is 47.9 Å². The van der Waals surface area contributed by atoms with Gasteiger partial charge in [0, 0.05) is 15.9 Å². The van der Waals surface area contributed by atoms with E-state index in [2.05, 4.69) is 15.9 Å². The molecule has 0 fully saturated rings. The molecule has 0 aliphatic carbocycles. The van der Waals surface area contributed by atoms with Gasteiger partial charge in [0.15, 0.2) is 0 Å². The first-order chi connectivity index (χ1) is 9.04. The van der Waals surface area contributed by atoms with Crippen molar-refractivity contribution in [1.82, 2.24) is 0 Å². The van der Waals surface area contributed by atoms with Gasteiger partial charge < -0.3 is 5.11 Å². The number of aliphatic hydroxyl groups excluding tert-OH is 1. The summed E-state index contributed by atoms with van der Waals surface area (Å²) in [6.07, 6.45) is 0.107. The van der Waals surface area contributed by atoms with E-state index in [1.165, 1.54) is 12.1 Å². The number of hydrogen-bond acceptors (Lipinski definition) is 1. The molecule has 0 heterocycles. The fraction of sp³-hybridized carbons (Fsp3) is 0.200. The third kappa shape index (κ3) is 4.30. The van der Waals surface area contributed by atoms with Crippen molar-refractivity contribution >= 4 is 27.5 Å². The van der Waals surface area contributed by atoms with Gasteiger partial charge >= 0.3 is 0 Å². The van der Waals surface area contributed by atoms with Crippen LogP contribution < -0.4 is 0 Å². The van der Waals surface area contributed by atoms with Gasteiger partial charge in [-0.25, -0.2) is 4.39 Å². The van der Waals surface area contributed by atoms with E-state index >= 15 is 0 Å². The van der Waals surface area contributed by atoms with Crippen molar-refractivity contribution in [3.05, 3.63) is 68.9 Å². The zero-order chi connectivity index (χ0) is 13.8. The van der Waals surface area contributed by atoms with Crippen molar-refractivity contribution in [3.63, 3.8) is 0 Å². The van der Waals surface area contributed by atoms with E-state index in [1.807, 2.05) is 24.3 Å². The highest BCUT2D eigenvalue weighted by molar-refractivity contribution is 9.10. The SMILES string of the molecule is OC(Cc1ccc(Br)cc1)Cc1cc(Cl)ccc1F. The largest absolute Gasteiger partial charge is 0.392 e. The molecule has 2 aromatic carbocycles. The zero-order valence-electron chi connectivity index (χ0n) is 10.1. The summed E-state index contributed by atoms with van der Waals surface area (Å²) in [4.78, 5) is 0. The van der Waals surface area contributed by atoms with Crippen molar-refractivity contribution in [2.75, 3.05) is 0 Å². The van der Waals surface area contributed by atoms with Crippen LogP contribution in [0.2, 0.25) is 5.02 Å². The van der Waals surface area contributed by atoms with E-state index in [-0.39, 0.29) is 12.2 Å². The molecular weight excluding hydrogens is 331 g/mol. The summed E-state index contributed by atoms with van der Waals surface area (Å²) in [5.41, 5.74) is 1.45. The Kier molecular flexibility index (Phi) is 4.97. The Bertz CT molecular complexity index is 557. The van der Waals surface area contributed by atoms with E-state index in [0.717, 1.165) is 10.0 Å². The quantitative estimate of drug-likeness (QED) is 0.873. The first-order valence-corrected chi connectivity index (χ1v) is 7.08. The molecule has 0 bridgehead atoms. The van der Waals surface area contributed by atoms with Gasteiger partial charge in [0.05, 0.1) is 6.10 Å². The summed E-state index contributed by atoms with van der Waals surface area (Å²) in [6.45, 7) is 0. The van der Waals surface area contributed by atoms with Crippen LogP contribution in [-0.2, 0) is 12.8 Å². The summed E-state index contributed by atoms with van der Waals surface area (Å²) in [5.74, 6) is -0.334. The van der Waals surface area contributed by atoms with Crippen molar-refractivity contribution in [2.45, 2.75) is 18.9 Å². The van der Waals surface area contributed by atoms with Crippen molar-refractivity contribution in [2.24, 2.45) is 0 Å². The molecule has 2 rings (SSSR count). The van der Waals surface area contributed by atoms with E-state index < -0.39 is 6.10 Å². The predicted octanol–water partition coefficient (Wildman–Crippen LogP) is 4.39. The van der Waals surface area contributed by atoms with Crippen LogP contribution in [0.25, 0.3) is 0 Å². The lowest BCUT2D eigenvalue weighted by Crippen LogP contribution is -2.14. The van der Waals surface area contributed by atoms with Gasteiger partial charge in [-0.2, -0.15) is 0 Å². The minimum Gasteiger partial charge on any atom is -0.392 e. The first-order valence-electron chi connectivity index (χ1n) is 5.91. The van der Waals surface area contributed by atoms with Crippen LogP contribution in [0.3, 0.4) is 0 Å². The molecule has 19 heavy (non-hydrogen) atoms.